The van der Waals surface area contributed by atoms with Gasteiger partial charge in [-0.05, 0) is 49.6 Å². The highest BCUT2D eigenvalue weighted by atomic mass is 79.9. The molecule has 0 saturated heterocycles. The van der Waals surface area contributed by atoms with Gasteiger partial charge in [0.25, 0.3) is 0 Å². The number of hydrogen-bond donors (Lipinski definition) is 1. The fourth-order valence-electron chi connectivity index (χ4n) is 2.85. The molecule has 96 valence electrons. The van der Waals surface area contributed by atoms with Crippen LogP contribution in [0.1, 0.15) is 0 Å². The Balaban J connectivity index is 2.31. The van der Waals surface area contributed by atoms with Crippen molar-refractivity contribution in [3.8, 4) is 11.3 Å². The summed E-state index contributed by atoms with van der Waals surface area (Å²) in [5.41, 5.74) is 2.43. The van der Waals surface area contributed by atoms with E-state index in [-0.39, 0.29) is 0 Å². The molecule has 0 spiro atoms. The Kier molecular flexibility index (Phi) is 2.64. The van der Waals surface area contributed by atoms with Gasteiger partial charge in [-0.3, -0.25) is 0 Å². The third-order valence-corrected chi connectivity index (χ3v) is 4.59. The number of H-pyrrole nitrogens is 1. The number of rotatable bonds is 1. The molecule has 1 aromatic heterocycles. The Morgan fingerprint density at radius 1 is 0.650 bits per heavy atom. The average molecular weight is 322 g/mol. The number of benzene rings is 3. The molecular formula is C18H12BrN. The monoisotopic (exact) mass is 321 g/mol. The van der Waals surface area contributed by atoms with Crippen LogP contribution in [0.4, 0.5) is 0 Å². The van der Waals surface area contributed by atoms with Crippen molar-refractivity contribution in [1.29, 1.82) is 0 Å². The molecule has 20 heavy (non-hydrogen) atoms. The Labute approximate surface area is 125 Å². The minimum Gasteiger partial charge on any atom is -0.361 e. The van der Waals surface area contributed by atoms with E-state index in [4.69, 9.17) is 0 Å². The van der Waals surface area contributed by atoms with Gasteiger partial charge < -0.3 is 4.98 Å². The predicted octanol–water partition coefficient (Wildman–Crippen LogP) is 5.75. The van der Waals surface area contributed by atoms with Crippen molar-refractivity contribution in [2.45, 2.75) is 0 Å². The second-order valence-electron chi connectivity index (χ2n) is 4.86. The summed E-state index contributed by atoms with van der Waals surface area (Å²) >= 11 is 3.77. The number of fused-ring (bicyclic) bond motifs is 2. The highest BCUT2D eigenvalue weighted by Gasteiger charge is 2.13. The minimum atomic E-state index is 1.16. The molecule has 0 aliphatic carbocycles. The summed E-state index contributed by atoms with van der Waals surface area (Å²) < 4.78 is 1.17. The van der Waals surface area contributed by atoms with Crippen molar-refractivity contribution in [3.63, 3.8) is 0 Å². The molecular weight excluding hydrogens is 310 g/mol. The summed E-state index contributed by atoms with van der Waals surface area (Å²) in [5.74, 6) is 0. The fraction of sp³-hybridized carbons (Fsp3) is 0. The number of aromatic nitrogens is 1. The molecule has 0 aliphatic rings. The standard InChI is InChI=1S/C18H12BrN/c19-18-14-8-3-1-6-12(14)17(16-10-5-11-20-16)13-7-2-4-9-15(13)18/h1-11,20H. The first-order chi connectivity index (χ1) is 9.86. The molecule has 1 heterocycles. The van der Waals surface area contributed by atoms with Crippen molar-refractivity contribution in [3.05, 3.63) is 71.3 Å². The molecule has 0 unspecified atom stereocenters. The van der Waals surface area contributed by atoms with E-state index in [1.54, 1.807) is 0 Å². The van der Waals surface area contributed by atoms with Gasteiger partial charge in [0.2, 0.25) is 0 Å². The first kappa shape index (κ1) is 11.7. The van der Waals surface area contributed by atoms with E-state index in [1.165, 1.54) is 31.6 Å². The van der Waals surface area contributed by atoms with Gasteiger partial charge in [-0.2, -0.15) is 0 Å². The van der Waals surface area contributed by atoms with E-state index >= 15 is 0 Å². The molecule has 2 heteroatoms. The topological polar surface area (TPSA) is 15.8 Å². The second-order valence-corrected chi connectivity index (χ2v) is 5.66. The molecule has 0 atom stereocenters. The maximum atomic E-state index is 3.77. The normalized spacial score (nSPS) is 11.2. The van der Waals surface area contributed by atoms with Crippen molar-refractivity contribution in [1.82, 2.24) is 4.98 Å². The molecule has 0 aliphatic heterocycles. The van der Waals surface area contributed by atoms with Gasteiger partial charge in [-0.15, -0.1) is 0 Å². The Morgan fingerprint density at radius 3 is 1.70 bits per heavy atom. The molecule has 4 aromatic rings. The van der Waals surface area contributed by atoms with Crippen LogP contribution in [0.25, 0.3) is 32.8 Å². The maximum Gasteiger partial charge on any atom is 0.0466 e. The van der Waals surface area contributed by atoms with Crippen LogP contribution in [0, 0.1) is 0 Å². The largest absolute Gasteiger partial charge is 0.361 e. The summed E-state index contributed by atoms with van der Waals surface area (Å²) in [4.78, 5) is 3.34. The van der Waals surface area contributed by atoms with Crippen molar-refractivity contribution in [2.75, 3.05) is 0 Å². The van der Waals surface area contributed by atoms with Gasteiger partial charge in [0.15, 0.2) is 0 Å². The molecule has 1 nitrogen and oxygen atoms in total. The smallest absolute Gasteiger partial charge is 0.0466 e. The van der Waals surface area contributed by atoms with E-state index in [1.807, 2.05) is 12.3 Å². The van der Waals surface area contributed by atoms with E-state index < -0.39 is 0 Å². The average Bonchev–Trinajstić information content (AvgIpc) is 3.02. The highest BCUT2D eigenvalue weighted by molar-refractivity contribution is 9.10. The molecule has 4 rings (SSSR count). The summed E-state index contributed by atoms with van der Waals surface area (Å²) in [6.45, 7) is 0. The van der Waals surface area contributed by atoms with Gasteiger partial charge >= 0.3 is 0 Å². The van der Waals surface area contributed by atoms with Crippen LogP contribution in [-0.2, 0) is 0 Å². The van der Waals surface area contributed by atoms with Gasteiger partial charge in [0.05, 0.1) is 0 Å². The van der Waals surface area contributed by atoms with Crippen molar-refractivity contribution < 1.29 is 0 Å². The summed E-state index contributed by atoms with van der Waals surface area (Å²) in [7, 11) is 0. The lowest BCUT2D eigenvalue weighted by Gasteiger charge is -2.12. The van der Waals surface area contributed by atoms with Crippen molar-refractivity contribution in [2.24, 2.45) is 0 Å². The van der Waals surface area contributed by atoms with Crippen LogP contribution in [0.15, 0.2) is 71.3 Å². The van der Waals surface area contributed by atoms with Crippen LogP contribution >= 0.6 is 15.9 Å². The number of aromatic amines is 1. The molecule has 0 amide bonds. The zero-order valence-electron chi connectivity index (χ0n) is 10.7. The third-order valence-electron chi connectivity index (χ3n) is 3.73. The molecule has 0 bridgehead atoms. The molecule has 0 fully saturated rings. The lowest BCUT2D eigenvalue weighted by Crippen LogP contribution is -1.87. The molecule has 0 radical (unpaired) electrons. The lowest BCUT2D eigenvalue weighted by molar-refractivity contribution is 1.42. The van der Waals surface area contributed by atoms with Gasteiger partial charge in [-0.25, -0.2) is 0 Å². The van der Waals surface area contributed by atoms with Crippen LogP contribution in [-0.4, -0.2) is 4.98 Å². The fourth-order valence-corrected chi connectivity index (χ4v) is 3.54. The number of hydrogen-bond acceptors (Lipinski definition) is 0. The van der Waals surface area contributed by atoms with Crippen LogP contribution in [0.5, 0.6) is 0 Å². The first-order valence-electron chi connectivity index (χ1n) is 6.59. The van der Waals surface area contributed by atoms with E-state index in [2.05, 4.69) is 75.5 Å². The Morgan fingerprint density at radius 2 is 1.20 bits per heavy atom. The number of nitrogens with one attached hydrogen (secondary N) is 1. The van der Waals surface area contributed by atoms with Crippen LogP contribution in [0.3, 0.4) is 0 Å². The zero-order valence-corrected chi connectivity index (χ0v) is 12.3. The van der Waals surface area contributed by atoms with Crippen LogP contribution in [0.2, 0.25) is 0 Å². The van der Waals surface area contributed by atoms with Gasteiger partial charge in [-0.1, -0.05) is 48.5 Å². The quantitative estimate of drug-likeness (QED) is 0.429. The van der Waals surface area contributed by atoms with E-state index in [0.717, 1.165) is 5.69 Å². The Hall–Kier alpha value is -2.06. The van der Waals surface area contributed by atoms with E-state index in [0.29, 0.717) is 0 Å². The summed E-state index contributed by atoms with van der Waals surface area (Å²) in [6, 6.07) is 21.2. The van der Waals surface area contributed by atoms with Crippen molar-refractivity contribution >= 4 is 37.5 Å². The Bertz CT molecular complexity index is 850. The number of halogens is 1. The van der Waals surface area contributed by atoms with Gasteiger partial charge in [0.1, 0.15) is 0 Å². The third kappa shape index (κ3) is 1.61. The second kappa shape index (κ2) is 4.50. The van der Waals surface area contributed by atoms with Crippen LogP contribution < -0.4 is 0 Å². The molecule has 3 aromatic carbocycles. The predicted molar refractivity (Wildman–Crippen MR) is 88.9 cm³/mol. The minimum absolute atomic E-state index is 1.16. The zero-order chi connectivity index (χ0) is 13.5. The first-order valence-corrected chi connectivity index (χ1v) is 7.38. The molecule has 0 saturated carbocycles. The maximum absolute atomic E-state index is 3.77. The van der Waals surface area contributed by atoms with E-state index in [9.17, 15) is 0 Å². The summed E-state index contributed by atoms with van der Waals surface area (Å²) in [5, 5.41) is 5.02. The molecule has 1 N–H and O–H groups in total. The SMILES string of the molecule is Brc1c2ccccc2c(-c2ccc[nH]2)c2ccccc12. The highest BCUT2D eigenvalue weighted by Crippen LogP contribution is 2.40. The van der Waals surface area contributed by atoms with Gasteiger partial charge in [0, 0.05) is 21.9 Å². The summed E-state index contributed by atoms with van der Waals surface area (Å²) in [6.07, 6.45) is 1.97. The lowest BCUT2D eigenvalue weighted by atomic mass is 9.95.